The van der Waals surface area contributed by atoms with E-state index >= 15 is 0 Å². The Hall–Kier alpha value is -2.66. The smallest absolute Gasteiger partial charge is 0.355 e. The number of rotatable bonds is 5. The van der Waals surface area contributed by atoms with Crippen molar-refractivity contribution in [1.29, 1.82) is 0 Å². The van der Waals surface area contributed by atoms with Crippen molar-refractivity contribution in [2.24, 2.45) is 0 Å². The first-order valence-electron chi connectivity index (χ1n) is 7.11. The Balaban J connectivity index is 2.16. The van der Waals surface area contributed by atoms with E-state index in [-0.39, 0.29) is 22.9 Å². The zero-order chi connectivity index (χ0) is 17.5. The van der Waals surface area contributed by atoms with Gasteiger partial charge in [0.1, 0.15) is 18.1 Å². The molecule has 0 unspecified atom stereocenters. The van der Waals surface area contributed by atoms with Gasteiger partial charge in [-0.25, -0.2) is 9.18 Å². The first kappa shape index (κ1) is 17.7. The highest BCUT2D eigenvalue weighted by atomic mass is 35.5. The minimum Gasteiger partial charge on any atom is -0.456 e. The second-order valence-corrected chi connectivity index (χ2v) is 5.33. The summed E-state index contributed by atoms with van der Waals surface area (Å²) in [5, 5.41) is 2.58. The normalized spacial score (nSPS) is 11.0. The zero-order valence-electron chi connectivity index (χ0n) is 12.9. The molecule has 4 nitrogen and oxygen atoms in total. The average molecular weight is 348 g/mol. The van der Waals surface area contributed by atoms with Crippen LogP contribution in [0.25, 0.3) is 6.08 Å². The Labute approximate surface area is 143 Å². The van der Waals surface area contributed by atoms with Crippen molar-refractivity contribution in [1.82, 2.24) is 5.32 Å². The Kier molecular flexibility index (Phi) is 6.09. The molecule has 0 spiro atoms. The molecule has 0 aromatic heterocycles. The quantitative estimate of drug-likeness (QED) is 0.662. The summed E-state index contributed by atoms with van der Waals surface area (Å²) in [6, 6.07) is 13.1. The van der Waals surface area contributed by atoms with Crippen LogP contribution in [0.1, 0.15) is 18.1 Å². The lowest BCUT2D eigenvalue weighted by atomic mass is 10.2. The summed E-state index contributed by atoms with van der Waals surface area (Å²) in [4.78, 5) is 23.5. The molecule has 0 aliphatic carbocycles. The second kappa shape index (κ2) is 8.26. The van der Waals surface area contributed by atoms with Gasteiger partial charge < -0.3 is 10.1 Å². The molecule has 1 N–H and O–H groups in total. The summed E-state index contributed by atoms with van der Waals surface area (Å²) < 4.78 is 18.8. The summed E-state index contributed by atoms with van der Waals surface area (Å²) in [7, 11) is 0. The predicted octanol–water partition coefficient (Wildman–Crippen LogP) is 3.70. The van der Waals surface area contributed by atoms with Crippen molar-refractivity contribution in [2.75, 3.05) is 0 Å². The van der Waals surface area contributed by atoms with E-state index < -0.39 is 17.7 Å². The fraction of sp³-hybridized carbons (Fsp3) is 0.111. The third-order valence-corrected chi connectivity index (χ3v) is 3.40. The number of hydrogen-bond donors (Lipinski definition) is 1. The summed E-state index contributed by atoms with van der Waals surface area (Å²) in [6.45, 7) is 0.940. The maximum absolute atomic E-state index is 13.7. The molecule has 0 atom stereocenters. The Morgan fingerprint density at radius 3 is 2.50 bits per heavy atom. The number of esters is 1. The number of carbonyl (C=O) groups is 2. The molecule has 0 saturated heterocycles. The highest BCUT2D eigenvalue weighted by molar-refractivity contribution is 6.31. The van der Waals surface area contributed by atoms with Gasteiger partial charge in [0.05, 0.1) is 5.02 Å². The predicted molar refractivity (Wildman–Crippen MR) is 89.4 cm³/mol. The van der Waals surface area contributed by atoms with Crippen molar-refractivity contribution in [3.05, 3.63) is 76.2 Å². The molecule has 6 heteroatoms. The van der Waals surface area contributed by atoms with Gasteiger partial charge in [0.15, 0.2) is 0 Å². The molecule has 0 bridgehead atoms. The molecular formula is C18H15ClFNO3. The molecule has 0 saturated carbocycles. The third-order valence-electron chi connectivity index (χ3n) is 3.05. The van der Waals surface area contributed by atoms with Gasteiger partial charge in [-0.3, -0.25) is 4.79 Å². The number of amides is 1. The first-order chi connectivity index (χ1) is 11.5. The lowest BCUT2D eigenvalue weighted by Gasteiger charge is -2.10. The maximum Gasteiger partial charge on any atom is 0.355 e. The lowest BCUT2D eigenvalue weighted by molar-refractivity contribution is -0.141. The van der Waals surface area contributed by atoms with E-state index in [9.17, 15) is 14.0 Å². The molecule has 2 aromatic rings. The van der Waals surface area contributed by atoms with Crippen LogP contribution in [-0.2, 0) is 20.9 Å². The van der Waals surface area contributed by atoms with Gasteiger partial charge in [-0.15, -0.1) is 0 Å². The number of benzene rings is 2. The number of hydrogen-bond acceptors (Lipinski definition) is 3. The molecular weight excluding hydrogens is 333 g/mol. The van der Waals surface area contributed by atoms with Gasteiger partial charge in [0, 0.05) is 12.5 Å². The molecule has 0 heterocycles. The number of nitrogens with one attached hydrogen (secondary N) is 1. The monoisotopic (exact) mass is 347 g/mol. The van der Waals surface area contributed by atoms with E-state index in [1.807, 2.05) is 6.07 Å². The highest BCUT2D eigenvalue weighted by Gasteiger charge is 2.15. The van der Waals surface area contributed by atoms with E-state index in [1.165, 1.54) is 31.2 Å². The van der Waals surface area contributed by atoms with Crippen LogP contribution < -0.4 is 5.32 Å². The minimum atomic E-state index is -0.784. The molecule has 2 rings (SSSR count). The van der Waals surface area contributed by atoms with Crippen LogP contribution in [-0.4, -0.2) is 11.9 Å². The second-order valence-electron chi connectivity index (χ2n) is 4.93. The van der Waals surface area contributed by atoms with E-state index in [2.05, 4.69) is 5.32 Å². The largest absolute Gasteiger partial charge is 0.456 e. The number of carbonyl (C=O) groups excluding carboxylic acids is 2. The molecule has 0 fully saturated rings. The number of ether oxygens (including phenoxy) is 1. The first-order valence-corrected chi connectivity index (χ1v) is 7.49. The average Bonchev–Trinajstić information content (AvgIpc) is 2.54. The standard InChI is InChI=1S/C18H15ClFNO3/c1-12(22)21-17(10-13-6-3-2-4-7-13)18(23)24-11-14-15(19)8-5-9-16(14)20/h2-10H,11H2,1H3,(H,21,22). The zero-order valence-corrected chi connectivity index (χ0v) is 13.6. The van der Waals surface area contributed by atoms with Crippen molar-refractivity contribution < 1.29 is 18.7 Å². The van der Waals surface area contributed by atoms with Crippen molar-refractivity contribution in [3.8, 4) is 0 Å². The molecule has 0 aliphatic heterocycles. The van der Waals surface area contributed by atoms with Gasteiger partial charge in [-0.1, -0.05) is 48.0 Å². The molecule has 1 amide bonds. The van der Waals surface area contributed by atoms with Crippen LogP contribution >= 0.6 is 11.6 Å². The van der Waals surface area contributed by atoms with Crippen molar-refractivity contribution >= 4 is 29.6 Å². The summed E-state index contributed by atoms with van der Waals surface area (Å²) in [5.74, 6) is -1.77. The maximum atomic E-state index is 13.7. The van der Waals surface area contributed by atoms with Gasteiger partial charge in [0.25, 0.3) is 0 Å². The molecule has 124 valence electrons. The van der Waals surface area contributed by atoms with E-state index in [1.54, 1.807) is 24.3 Å². The van der Waals surface area contributed by atoms with Gasteiger partial charge in [-0.2, -0.15) is 0 Å². The summed E-state index contributed by atoms with van der Waals surface area (Å²) in [5.41, 5.74) is 0.748. The van der Waals surface area contributed by atoms with E-state index in [0.29, 0.717) is 5.56 Å². The Morgan fingerprint density at radius 2 is 1.88 bits per heavy atom. The Morgan fingerprint density at radius 1 is 1.17 bits per heavy atom. The van der Waals surface area contributed by atoms with Gasteiger partial charge in [-0.05, 0) is 23.8 Å². The fourth-order valence-corrected chi connectivity index (χ4v) is 2.15. The SMILES string of the molecule is CC(=O)NC(=Cc1ccccc1)C(=O)OCc1c(F)cccc1Cl. The third kappa shape index (κ3) is 4.93. The van der Waals surface area contributed by atoms with E-state index in [0.717, 1.165) is 0 Å². The highest BCUT2D eigenvalue weighted by Crippen LogP contribution is 2.20. The van der Waals surface area contributed by atoms with Crippen LogP contribution in [0.3, 0.4) is 0 Å². The van der Waals surface area contributed by atoms with E-state index in [4.69, 9.17) is 16.3 Å². The van der Waals surface area contributed by atoms with Crippen molar-refractivity contribution in [3.63, 3.8) is 0 Å². The fourth-order valence-electron chi connectivity index (χ4n) is 1.94. The molecule has 0 radical (unpaired) electrons. The topological polar surface area (TPSA) is 55.4 Å². The summed E-state index contributed by atoms with van der Waals surface area (Å²) >= 11 is 5.89. The molecule has 2 aromatic carbocycles. The van der Waals surface area contributed by atoms with Crippen LogP contribution in [0.15, 0.2) is 54.2 Å². The van der Waals surface area contributed by atoms with Crippen LogP contribution in [0.5, 0.6) is 0 Å². The molecule has 24 heavy (non-hydrogen) atoms. The molecule has 0 aliphatic rings. The van der Waals surface area contributed by atoms with Crippen LogP contribution in [0.4, 0.5) is 4.39 Å². The van der Waals surface area contributed by atoms with Gasteiger partial charge >= 0.3 is 5.97 Å². The summed E-state index contributed by atoms with van der Waals surface area (Å²) in [6.07, 6.45) is 1.48. The number of halogens is 2. The lowest BCUT2D eigenvalue weighted by Crippen LogP contribution is -2.26. The minimum absolute atomic E-state index is 0.0406. The van der Waals surface area contributed by atoms with Crippen molar-refractivity contribution in [2.45, 2.75) is 13.5 Å². The van der Waals surface area contributed by atoms with Crippen LogP contribution in [0, 0.1) is 5.82 Å². The van der Waals surface area contributed by atoms with Gasteiger partial charge in [0.2, 0.25) is 5.91 Å². The Bertz CT molecular complexity index is 755. The van der Waals surface area contributed by atoms with Crippen LogP contribution in [0.2, 0.25) is 5.02 Å².